The molecule has 0 unspecified atom stereocenters. The topological polar surface area (TPSA) is 45.6 Å². The van der Waals surface area contributed by atoms with Gasteiger partial charge in [0.2, 0.25) is 0 Å². The Hall–Kier alpha value is -3.68. The molecule has 4 heterocycles. The Morgan fingerprint density at radius 1 is 0.865 bits per heavy atom. The van der Waals surface area contributed by atoms with Crippen LogP contribution >= 0.6 is 12.2 Å². The minimum atomic E-state index is -0.0634. The molecule has 0 bridgehead atoms. The smallest absolute Gasteiger partial charge is 0.174 e. The molecular weight excluding hydrogens is 478 g/mol. The quantitative estimate of drug-likeness (QED) is 0.358. The minimum absolute atomic E-state index is 0.0302. The third-order valence-electron chi connectivity index (χ3n) is 7.41. The van der Waals surface area contributed by atoms with Crippen LogP contribution < -0.4 is 15.1 Å². The summed E-state index contributed by atoms with van der Waals surface area (Å²) < 4.78 is 7.86. The molecule has 0 spiro atoms. The van der Waals surface area contributed by atoms with Gasteiger partial charge < -0.3 is 24.4 Å². The molecule has 2 fully saturated rings. The van der Waals surface area contributed by atoms with Gasteiger partial charge in [0, 0.05) is 47.7 Å². The lowest BCUT2D eigenvalue weighted by Crippen LogP contribution is -2.36. The van der Waals surface area contributed by atoms with Crippen LogP contribution in [0.1, 0.15) is 34.7 Å². The summed E-state index contributed by atoms with van der Waals surface area (Å²) in [5.74, 6) is 0. The maximum absolute atomic E-state index is 5.90. The van der Waals surface area contributed by atoms with Crippen molar-refractivity contribution in [3.8, 4) is 5.69 Å². The lowest BCUT2D eigenvalue weighted by atomic mass is 9.96. The average molecular weight is 510 g/mol. The molecule has 188 valence electrons. The highest BCUT2D eigenvalue weighted by molar-refractivity contribution is 7.80. The number of hydrogen-bond donors (Lipinski definition) is 1. The number of hydrogen-bond acceptors (Lipinski definition) is 4. The van der Waals surface area contributed by atoms with Crippen molar-refractivity contribution in [2.24, 2.45) is 0 Å². The average Bonchev–Trinajstić information content (AvgIpc) is 3.45. The summed E-state index contributed by atoms with van der Waals surface area (Å²) in [7, 11) is 0. The fourth-order valence-electron chi connectivity index (χ4n) is 5.66. The van der Waals surface area contributed by atoms with E-state index in [1.807, 2.05) is 24.4 Å². The summed E-state index contributed by atoms with van der Waals surface area (Å²) in [6, 6.07) is 27.5. The first-order valence-electron chi connectivity index (χ1n) is 12.8. The van der Waals surface area contributed by atoms with Gasteiger partial charge in [-0.15, -0.1) is 0 Å². The normalized spacial score (nSPS) is 19.8. The van der Waals surface area contributed by atoms with E-state index in [1.54, 1.807) is 0 Å². The summed E-state index contributed by atoms with van der Waals surface area (Å²) in [4.78, 5) is 9.32. The Labute approximate surface area is 223 Å². The van der Waals surface area contributed by atoms with E-state index < -0.39 is 0 Å². The molecule has 2 atom stereocenters. The van der Waals surface area contributed by atoms with Crippen molar-refractivity contribution >= 4 is 28.7 Å². The fourth-order valence-corrected chi connectivity index (χ4v) is 6.00. The van der Waals surface area contributed by atoms with Gasteiger partial charge >= 0.3 is 0 Å². The molecule has 2 aromatic carbocycles. The monoisotopic (exact) mass is 509 g/mol. The highest BCUT2D eigenvalue weighted by Crippen LogP contribution is 2.43. The number of rotatable bonds is 5. The third-order valence-corrected chi connectivity index (χ3v) is 7.72. The van der Waals surface area contributed by atoms with Gasteiger partial charge in [0.25, 0.3) is 0 Å². The number of aryl methyl sites for hydroxylation is 1. The van der Waals surface area contributed by atoms with E-state index >= 15 is 0 Å². The zero-order valence-corrected chi connectivity index (χ0v) is 22.0. The Morgan fingerprint density at radius 2 is 1.57 bits per heavy atom. The van der Waals surface area contributed by atoms with Crippen LogP contribution in [0.2, 0.25) is 0 Å². The molecule has 2 saturated heterocycles. The van der Waals surface area contributed by atoms with Gasteiger partial charge in [-0.3, -0.25) is 4.98 Å². The van der Waals surface area contributed by atoms with Crippen LogP contribution in [-0.2, 0) is 4.74 Å². The number of ether oxygens (including phenoxy) is 1. The molecule has 0 radical (unpaired) electrons. The molecule has 0 amide bonds. The Morgan fingerprint density at radius 3 is 2.27 bits per heavy atom. The number of thiocarbonyl (C=S) groups is 1. The number of para-hydroxylation sites is 1. The molecule has 1 N–H and O–H groups in total. The molecule has 2 aromatic heterocycles. The Bertz CT molecular complexity index is 1380. The summed E-state index contributed by atoms with van der Waals surface area (Å²) in [5, 5.41) is 4.29. The maximum Gasteiger partial charge on any atom is 0.174 e. The number of pyridine rings is 1. The van der Waals surface area contributed by atoms with Crippen LogP contribution in [0, 0.1) is 13.8 Å². The number of benzene rings is 2. The van der Waals surface area contributed by atoms with Gasteiger partial charge in [-0.05, 0) is 86.2 Å². The van der Waals surface area contributed by atoms with Gasteiger partial charge in [-0.25, -0.2) is 0 Å². The van der Waals surface area contributed by atoms with Crippen LogP contribution in [0.25, 0.3) is 5.69 Å². The van der Waals surface area contributed by atoms with Crippen molar-refractivity contribution < 1.29 is 4.74 Å². The van der Waals surface area contributed by atoms with Crippen molar-refractivity contribution in [2.75, 3.05) is 36.1 Å². The summed E-state index contributed by atoms with van der Waals surface area (Å²) in [6.07, 6.45) is 1.85. The number of aromatic nitrogens is 2. The lowest BCUT2D eigenvalue weighted by molar-refractivity contribution is 0.122. The van der Waals surface area contributed by atoms with Crippen LogP contribution in [-0.4, -0.2) is 41.0 Å². The van der Waals surface area contributed by atoms with E-state index in [0.717, 1.165) is 43.4 Å². The van der Waals surface area contributed by atoms with Crippen molar-refractivity contribution in [1.82, 2.24) is 14.9 Å². The number of nitrogens with one attached hydrogen (secondary N) is 1. The molecule has 4 aromatic rings. The molecule has 6 rings (SSSR count). The molecule has 2 aliphatic rings. The molecule has 2 aliphatic heterocycles. The maximum atomic E-state index is 5.90. The molecule has 7 heteroatoms. The largest absolute Gasteiger partial charge is 0.378 e. The first-order chi connectivity index (χ1) is 18.1. The minimum Gasteiger partial charge on any atom is -0.378 e. The SMILES string of the molecule is Cc1cc([C@@H]2[C@H](c3ccccn3)NC(=S)N2c2ccccc2)c(C)n1-c1ccc(N2CCOCC2)cc1. The number of nitrogens with zero attached hydrogens (tertiary/aromatic N) is 4. The van der Waals surface area contributed by atoms with E-state index in [-0.39, 0.29) is 12.1 Å². The number of anilines is 2. The van der Waals surface area contributed by atoms with Gasteiger partial charge in [-0.1, -0.05) is 24.3 Å². The summed E-state index contributed by atoms with van der Waals surface area (Å²) in [5.41, 5.74) is 8.09. The predicted molar refractivity (Wildman–Crippen MR) is 153 cm³/mol. The molecule has 37 heavy (non-hydrogen) atoms. The van der Waals surface area contributed by atoms with E-state index in [2.05, 4.69) is 94.2 Å². The van der Waals surface area contributed by atoms with E-state index in [1.165, 1.54) is 22.6 Å². The van der Waals surface area contributed by atoms with Gasteiger partial charge in [0.1, 0.15) is 0 Å². The lowest BCUT2D eigenvalue weighted by Gasteiger charge is -2.29. The fraction of sp³-hybridized carbons (Fsp3) is 0.267. The first-order valence-corrected chi connectivity index (χ1v) is 13.2. The molecule has 0 aliphatic carbocycles. The van der Waals surface area contributed by atoms with Crippen molar-refractivity contribution in [3.05, 3.63) is 108 Å². The van der Waals surface area contributed by atoms with Crippen molar-refractivity contribution in [1.29, 1.82) is 0 Å². The summed E-state index contributed by atoms with van der Waals surface area (Å²) >= 11 is 5.90. The van der Waals surface area contributed by atoms with E-state index in [4.69, 9.17) is 21.9 Å². The van der Waals surface area contributed by atoms with Gasteiger partial charge in [0.15, 0.2) is 5.11 Å². The van der Waals surface area contributed by atoms with Crippen LogP contribution in [0.15, 0.2) is 85.1 Å². The molecule has 6 nitrogen and oxygen atoms in total. The zero-order valence-electron chi connectivity index (χ0n) is 21.2. The Balaban J connectivity index is 1.41. The first kappa shape index (κ1) is 23.7. The zero-order chi connectivity index (χ0) is 25.4. The third kappa shape index (κ3) is 4.38. The van der Waals surface area contributed by atoms with Crippen LogP contribution in [0.5, 0.6) is 0 Å². The highest BCUT2D eigenvalue weighted by atomic mass is 32.1. The van der Waals surface area contributed by atoms with Crippen LogP contribution in [0.3, 0.4) is 0 Å². The van der Waals surface area contributed by atoms with E-state index in [0.29, 0.717) is 5.11 Å². The second-order valence-corrected chi connectivity index (χ2v) is 10.00. The van der Waals surface area contributed by atoms with Crippen molar-refractivity contribution in [2.45, 2.75) is 25.9 Å². The molecular formula is C30H31N5OS. The summed E-state index contributed by atoms with van der Waals surface area (Å²) in [6.45, 7) is 7.82. The predicted octanol–water partition coefficient (Wildman–Crippen LogP) is 5.50. The van der Waals surface area contributed by atoms with E-state index in [9.17, 15) is 0 Å². The second kappa shape index (κ2) is 10.00. The van der Waals surface area contributed by atoms with Crippen LogP contribution in [0.4, 0.5) is 11.4 Å². The molecule has 0 saturated carbocycles. The standard InChI is InChI=1S/C30H31N5OS/c1-21-20-26(22(2)34(21)25-13-11-23(12-14-25)33-16-18-36-19-17-33)29-28(27-10-6-7-15-31-27)32-30(37)35(29)24-8-4-3-5-9-24/h3-15,20,28-29H,16-19H2,1-2H3,(H,32,37)/t28-,29+/m0/s1. The number of morpholine rings is 1. The van der Waals surface area contributed by atoms with Gasteiger partial charge in [-0.2, -0.15) is 0 Å². The van der Waals surface area contributed by atoms with Gasteiger partial charge in [0.05, 0.1) is 31.0 Å². The second-order valence-electron chi connectivity index (χ2n) is 9.61. The Kier molecular flexibility index (Phi) is 6.40. The highest BCUT2D eigenvalue weighted by Gasteiger charge is 2.42. The van der Waals surface area contributed by atoms with Crippen molar-refractivity contribution in [3.63, 3.8) is 0 Å².